The van der Waals surface area contributed by atoms with Gasteiger partial charge in [0, 0.05) is 32.2 Å². The lowest BCUT2D eigenvalue weighted by Crippen LogP contribution is -2.20. The van der Waals surface area contributed by atoms with Gasteiger partial charge in [0.1, 0.15) is 6.17 Å². The number of rotatable bonds is 3. The SMILES string of the molecule is OC[C@@H]1CN(Cc2ccccc2)C[C@H]1F. The largest absolute Gasteiger partial charge is 0.396 e. The third-order valence-corrected chi connectivity index (χ3v) is 2.92. The maximum atomic E-state index is 13.3. The lowest BCUT2D eigenvalue weighted by molar-refractivity contribution is 0.174. The molecule has 2 nitrogen and oxygen atoms in total. The summed E-state index contributed by atoms with van der Waals surface area (Å²) in [6, 6.07) is 10.0. The Bertz CT molecular complexity index is 304. The minimum atomic E-state index is -0.876. The van der Waals surface area contributed by atoms with Crippen molar-refractivity contribution >= 4 is 0 Å². The first-order valence-corrected chi connectivity index (χ1v) is 5.31. The van der Waals surface area contributed by atoms with Crippen LogP contribution < -0.4 is 0 Å². The zero-order chi connectivity index (χ0) is 10.7. The molecule has 1 aromatic rings. The highest BCUT2D eigenvalue weighted by Crippen LogP contribution is 2.21. The van der Waals surface area contributed by atoms with Crippen LogP contribution in [-0.4, -0.2) is 35.9 Å². The number of alkyl halides is 1. The first kappa shape index (κ1) is 10.6. The van der Waals surface area contributed by atoms with Crippen LogP contribution in [-0.2, 0) is 6.54 Å². The maximum absolute atomic E-state index is 13.3. The fraction of sp³-hybridized carbons (Fsp3) is 0.500. The predicted molar refractivity (Wildman–Crippen MR) is 57.2 cm³/mol. The van der Waals surface area contributed by atoms with Crippen LogP contribution in [0.15, 0.2) is 30.3 Å². The van der Waals surface area contributed by atoms with Gasteiger partial charge in [-0.2, -0.15) is 0 Å². The van der Waals surface area contributed by atoms with Gasteiger partial charge in [0.15, 0.2) is 0 Å². The van der Waals surface area contributed by atoms with Crippen LogP contribution in [0.4, 0.5) is 4.39 Å². The molecule has 0 unspecified atom stereocenters. The highest BCUT2D eigenvalue weighted by atomic mass is 19.1. The van der Waals surface area contributed by atoms with Gasteiger partial charge in [0.25, 0.3) is 0 Å². The van der Waals surface area contributed by atoms with E-state index in [1.54, 1.807) is 0 Å². The van der Waals surface area contributed by atoms with Crippen LogP contribution in [0.3, 0.4) is 0 Å². The van der Waals surface area contributed by atoms with E-state index in [0.717, 1.165) is 6.54 Å². The van der Waals surface area contributed by atoms with E-state index in [4.69, 9.17) is 5.11 Å². The Labute approximate surface area is 89.3 Å². The van der Waals surface area contributed by atoms with E-state index in [1.165, 1.54) is 5.56 Å². The second-order valence-electron chi connectivity index (χ2n) is 4.14. The van der Waals surface area contributed by atoms with E-state index < -0.39 is 6.17 Å². The molecule has 0 spiro atoms. The summed E-state index contributed by atoms with van der Waals surface area (Å²) >= 11 is 0. The van der Waals surface area contributed by atoms with Crippen LogP contribution in [0, 0.1) is 5.92 Å². The number of likely N-dealkylation sites (tertiary alicyclic amines) is 1. The molecule has 1 fully saturated rings. The average Bonchev–Trinajstić information content (AvgIpc) is 2.60. The Balaban J connectivity index is 1.92. The van der Waals surface area contributed by atoms with Gasteiger partial charge in [0.05, 0.1) is 0 Å². The predicted octanol–water partition coefficient (Wildman–Crippen LogP) is 1.45. The van der Waals surface area contributed by atoms with E-state index in [2.05, 4.69) is 4.90 Å². The molecule has 1 aliphatic rings. The fourth-order valence-corrected chi connectivity index (χ4v) is 2.06. The summed E-state index contributed by atoms with van der Waals surface area (Å²) in [4.78, 5) is 2.06. The maximum Gasteiger partial charge on any atom is 0.119 e. The molecule has 15 heavy (non-hydrogen) atoms. The van der Waals surface area contributed by atoms with Crippen LogP contribution >= 0.6 is 0 Å². The molecule has 2 atom stereocenters. The van der Waals surface area contributed by atoms with Crippen LogP contribution in [0.5, 0.6) is 0 Å². The molecule has 1 N–H and O–H groups in total. The van der Waals surface area contributed by atoms with E-state index in [1.807, 2.05) is 30.3 Å². The molecule has 3 heteroatoms. The quantitative estimate of drug-likeness (QED) is 0.814. The Morgan fingerprint density at radius 2 is 2.00 bits per heavy atom. The van der Waals surface area contributed by atoms with Crippen molar-refractivity contribution in [2.45, 2.75) is 12.7 Å². The van der Waals surface area contributed by atoms with Crippen molar-refractivity contribution in [2.24, 2.45) is 5.92 Å². The van der Waals surface area contributed by atoms with Crippen LogP contribution in [0.1, 0.15) is 5.56 Å². The Morgan fingerprint density at radius 3 is 2.60 bits per heavy atom. The van der Waals surface area contributed by atoms with Gasteiger partial charge in [0.2, 0.25) is 0 Å². The summed E-state index contributed by atoms with van der Waals surface area (Å²) in [5.74, 6) is -0.200. The Kier molecular flexibility index (Phi) is 3.34. The van der Waals surface area contributed by atoms with Crippen molar-refractivity contribution in [3.05, 3.63) is 35.9 Å². The lowest BCUT2D eigenvalue weighted by atomic mass is 10.1. The van der Waals surface area contributed by atoms with Gasteiger partial charge in [-0.15, -0.1) is 0 Å². The molecule has 2 rings (SSSR count). The number of nitrogens with zero attached hydrogens (tertiary/aromatic N) is 1. The smallest absolute Gasteiger partial charge is 0.119 e. The molecule has 0 bridgehead atoms. The number of benzene rings is 1. The number of hydrogen-bond donors (Lipinski definition) is 1. The molecule has 0 saturated carbocycles. The number of aliphatic hydroxyl groups excluding tert-OH is 1. The van der Waals surface area contributed by atoms with E-state index in [9.17, 15) is 4.39 Å². The minimum absolute atomic E-state index is 0.0492. The summed E-state index contributed by atoms with van der Waals surface area (Å²) < 4.78 is 13.3. The third kappa shape index (κ3) is 2.55. The van der Waals surface area contributed by atoms with Gasteiger partial charge in [-0.3, -0.25) is 4.90 Å². The van der Waals surface area contributed by atoms with Gasteiger partial charge < -0.3 is 5.11 Å². The molecule has 0 radical (unpaired) electrons. The number of aliphatic hydroxyl groups is 1. The Hall–Kier alpha value is -0.930. The highest BCUT2D eigenvalue weighted by Gasteiger charge is 2.31. The fourth-order valence-electron chi connectivity index (χ4n) is 2.06. The number of hydrogen-bond acceptors (Lipinski definition) is 2. The summed E-state index contributed by atoms with van der Waals surface area (Å²) in [6.45, 7) is 1.83. The van der Waals surface area contributed by atoms with Gasteiger partial charge in [-0.25, -0.2) is 4.39 Å². The summed E-state index contributed by atoms with van der Waals surface area (Å²) in [5, 5.41) is 8.95. The zero-order valence-corrected chi connectivity index (χ0v) is 8.64. The molecule has 0 aliphatic carbocycles. The van der Waals surface area contributed by atoms with Gasteiger partial charge in [-0.05, 0) is 5.56 Å². The first-order valence-electron chi connectivity index (χ1n) is 5.31. The van der Waals surface area contributed by atoms with Crippen molar-refractivity contribution in [2.75, 3.05) is 19.7 Å². The molecule has 1 saturated heterocycles. The number of halogens is 1. The van der Waals surface area contributed by atoms with E-state index in [-0.39, 0.29) is 12.5 Å². The molecular formula is C12H16FNO. The highest BCUT2D eigenvalue weighted by molar-refractivity contribution is 5.14. The summed E-state index contributed by atoms with van der Waals surface area (Å²) in [6.07, 6.45) is -0.876. The summed E-state index contributed by atoms with van der Waals surface area (Å²) in [7, 11) is 0. The van der Waals surface area contributed by atoms with Crippen molar-refractivity contribution in [1.29, 1.82) is 0 Å². The van der Waals surface area contributed by atoms with Crippen molar-refractivity contribution in [1.82, 2.24) is 4.90 Å². The molecule has 0 amide bonds. The standard InChI is InChI=1S/C12H16FNO/c13-12-8-14(7-11(12)9-15)6-10-4-2-1-3-5-10/h1-5,11-12,15H,6-9H2/t11-,12+/m0/s1. The Morgan fingerprint density at radius 1 is 1.27 bits per heavy atom. The molecule has 0 aromatic heterocycles. The summed E-state index contributed by atoms with van der Waals surface area (Å²) in [5.41, 5.74) is 1.20. The second kappa shape index (κ2) is 4.73. The van der Waals surface area contributed by atoms with E-state index >= 15 is 0 Å². The average molecular weight is 209 g/mol. The first-order chi connectivity index (χ1) is 7.29. The van der Waals surface area contributed by atoms with Crippen molar-refractivity contribution in [3.8, 4) is 0 Å². The van der Waals surface area contributed by atoms with Crippen LogP contribution in [0.2, 0.25) is 0 Å². The molecule has 82 valence electrons. The molecule has 1 aromatic carbocycles. The van der Waals surface area contributed by atoms with E-state index in [0.29, 0.717) is 13.1 Å². The van der Waals surface area contributed by atoms with Crippen LogP contribution in [0.25, 0.3) is 0 Å². The normalized spacial score (nSPS) is 27.1. The zero-order valence-electron chi connectivity index (χ0n) is 8.64. The van der Waals surface area contributed by atoms with Crippen molar-refractivity contribution in [3.63, 3.8) is 0 Å². The third-order valence-electron chi connectivity index (χ3n) is 2.92. The van der Waals surface area contributed by atoms with Crippen molar-refractivity contribution < 1.29 is 9.50 Å². The van der Waals surface area contributed by atoms with Gasteiger partial charge in [-0.1, -0.05) is 30.3 Å². The molecular weight excluding hydrogens is 193 g/mol. The monoisotopic (exact) mass is 209 g/mol. The minimum Gasteiger partial charge on any atom is -0.396 e. The second-order valence-corrected chi connectivity index (χ2v) is 4.14. The molecule has 1 heterocycles. The molecule has 1 aliphatic heterocycles. The lowest BCUT2D eigenvalue weighted by Gasteiger charge is -2.14. The topological polar surface area (TPSA) is 23.5 Å². The van der Waals surface area contributed by atoms with Gasteiger partial charge >= 0.3 is 0 Å².